The molecule has 4 nitrogen and oxygen atoms in total. The highest BCUT2D eigenvalue weighted by Gasteiger charge is 2.22. The summed E-state index contributed by atoms with van der Waals surface area (Å²) >= 11 is 3.26. The lowest BCUT2D eigenvalue weighted by molar-refractivity contribution is -0.141. The number of carboxylic acids is 1. The van der Waals surface area contributed by atoms with Crippen molar-refractivity contribution in [1.29, 1.82) is 0 Å². The van der Waals surface area contributed by atoms with Crippen LogP contribution in [0.1, 0.15) is 23.7 Å². The number of aliphatic carboxylic acids is 1. The molecule has 0 saturated carbocycles. The summed E-state index contributed by atoms with van der Waals surface area (Å²) in [6.07, 6.45) is -3.00. The Kier molecular flexibility index (Phi) is 4.46. The van der Waals surface area contributed by atoms with E-state index in [1.165, 1.54) is 0 Å². The second kappa shape index (κ2) is 5.43. The lowest BCUT2D eigenvalue weighted by Gasteiger charge is -2.18. The summed E-state index contributed by atoms with van der Waals surface area (Å²) in [7, 11) is 0. The molecule has 0 spiro atoms. The second-order valence-corrected chi connectivity index (χ2v) is 4.49. The molecule has 0 fully saturated rings. The Hall–Kier alpha value is -0.910. The molecule has 2 atom stereocenters. The Morgan fingerprint density at radius 2 is 2.06 bits per heavy atom. The van der Waals surface area contributed by atoms with Crippen molar-refractivity contribution in [3.8, 4) is 0 Å². The number of rotatable bonds is 4. The van der Waals surface area contributed by atoms with Crippen molar-refractivity contribution in [1.82, 2.24) is 0 Å². The summed E-state index contributed by atoms with van der Waals surface area (Å²) in [5, 5.41) is 27.8. The van der Waals surface area contributed by atoms with Crippen molar-refractivity contribution in [2.45, 2.75) is 25.6 Å². The minimum absolute atomic E-state index is 0.485. The lowest BCUT2D eigenvalue weighted by Crippen LogP contribution is -2.22. The van der Waals surface area contributed by atoms with Crippen LogP contribution in [-0.2, 0) is 4.79 Å². The molecule has 0 aromatic heterocycles. The molecule has 1 rings (SSSR count). The van der Waals surface area contributed by atoms with Gasteiger partial charge in [0, 0.05) is 4.47 Å². The number of aryl methyl sites for hydroxylation is 1. The molecule has 1 aromatic carbocycles. The first-order valence-corrected chi connectivity index (χ1v) is 5.55. The summed E-state index contributed by atoms with van der Waals surface area (Å²) in [6.45, 7) is 1.90. The normalized spacial score (nSPS) is 14.5. The minimum atomic E-state index is -1.31. The Balaban J connectivity index is 2.87. The van der Waals surface area contributed by atoms with Crippen molar-refractivity contribution >= 4 is 21.9 Å². The Labute approximate surface area is 102 Å². The minimum Gasteiger partial charge on any atom is -0.481 e. The fraction of sp³-hybridized carbons (Fsp3) is 0.364. The third-order valence-electron chi connectivity index (χ3n) is 2.22. The topological polar surface area (TPSA) is 77.8 Å². The number of carbonyl (C=O) groups is 1. The maximum Gasteiger partial charge on any atom is 0.306 e. The van der Waals surface area contributed by atoms with E-state index in [0.717, 1.165) is 5.56 Å². The van der Waals surface area contributed by atoms with Crippen molar-refractivity contribution < 1.29 is 20.1 Å². The van der Waals surface area contributed by atoms with Crippen LogP contribution in [0.5, 0.6) is 0 Å². The van der Waals surface area contributed by atoms with Gasteiger partial charge in [-0.15, -0.1) is 0 Å². The molecule has 0 bridgehead atoms. The van der Waals surface area contributed by atoms with E-state index in [4.69, 9.17) is 5.11 Å². The molecule has 0 heterocycles. The first-order valence-electron chi connectivity index (χ1n) is 4.75. The number of aliphatic hydroxyl groups excluding tert-OH is 2. The fourth-order valence-electron chi connectivity index (χ4n) is 1.37. The van der Waals surface area contributed by atoms with Crippen molar-refractivity contribution in [2.75, 3.05) is 0 Å². The van der Waals surface area contributed by atoms with Gasteiger partial charge in [-0.25, -0.2) is 0 Å². The largest absolute Gasteiger partial charge is 0.481 e. The van der Waals surface area contributed by atoms with E-state index >= 15 is 0 Å². The Morgan fingerprint density at radius 1 is 1.44 bits per heavy atom. The van der Waals surface area contributed by atoms with Gasteiger partial charge in [0.25, 0.3) is 0 Å². The van der Waals surface area contributed by atoms with Crippen LogP contribution < -0.4 is 0 Å². The van der Waals surface area contributed by atoms with E-state index in [1.807, 2.05) is 6.92 Å². The van der Waals surface area contributed by atoms with Crippen molar-refractivity contribution in [3.05, 3.63) is 33.8 Å². The van der Waals surface area contributed by atoms with Gasteiger partial charge in [-0.1, -0.05) is 28.1 Å². The number of hydrogen-bond acceptors (Lipinski definition) is 3. The van der Waals surface area contributed by atoms with Crippen molar-refractivity contribution in [3.63, 3.8) is 0 Å². The van der Waals surface area contributed by atoms with Gasteiger partial charge >= 0.3 is 5.97 Å². The molecule has 0 radical (unpaired) electrons. The molecule has 3 N–H and O–H groups in total. The zero-order valence-corrected chi connectivity index (χ0v) is 10.3. The van der Waals surface area contributed by atoms with Gasteiger partial charge in [-0.3, -0.25) is 4.79 Å². The van der Waals surface area contributed by atoms with Crippen LogP contribution in [0.25, 0.3) is 0 Å². The zero-order chi connectivity index (χ0) is 12.3. The Morgan fingerprint density at radius 3 is 2.56 bits per heavy atom. The molecular formula is C11H13BrO4. The van der Waals surface area contributed by atoms with E-state index in [2.05, 4.69) is 15.9 Å². The van der Waals surface area contributed by atoms with E-state index in [0.29, 0.717) is 10.0 Å². The van der Waals surface area contributed by atoms with Crippen LogP contribution in [0.2, 0.25) is 0 Å². The SMILES string of the molecule is Cc1ccc(C(O)C(O)CC(=O)O)c(Br)c1. The number of benzene rings is 1. The van der Waals surface area contributed by atoms with Gasteiger partial charge in [0.2, 0.25) is 0 Å². The predicted octanol–water partition coefficient (Wildman–Crippen LogP) is 1.63. The summed E-state index contributed by atoms with van der Waals surface area (Å²) in [5.41, 5.74) is 1.50. The van der Waals surface area contributed by atoms with Crippen LogP contribution >= 0.6 is 15.9 Å². The van der Waals surface area contributed by atoms with Gasteiger partial charge in [-0.05, 0) is 24.1 Å². The molecule has 0 aliphatic rings. The van der Waals surface area contributed by atoms with E-state index in [9.17, 15) is 15.0 Å². The third kappa shape index (κ3) is 3.30. The molecule has 0 amide bonds. The fourth-order valence-corrected chi connectivity index (χ4v) is 2.10. The van der Waals surface area contributed by atoms with Crippen LogP contribution in [0.4, 0.5) is 0 Å². The van der Waals surface area contributed by atoms with Crippen LogP contribution in [0, 0.1) is 6.92 Å². The average Bonchev–Trinajstić information content (AvgIpc) is 2.15. The van der Waals surface area contributed by atoms with E-state index in [-0.39, 0.29) is 0 Å². The first-order chi connectivity index (χ1) is 7.41. The Bertz CT molecular complexity index is 392. The highest BCUT2D eigenvalue weighted by atomic mass is 79.9. The number of carboxylic acid groups (broad SMARTS) is 1. The van der Waals surface area contributed by atoms with Crippen LogP contribution in [-0.4, -0.2) is 27.4 Å². The third-order valence-corrected chi connectivity index (χ3v) is 2.91. The second-order valence-electron chi connectivity index (χ2n) is 3.64. The highest BCUT2D eigenvalue weighted by molar-refractivity contribution is 9.10. The van der Waals surface area contributed by atoms with Crippen LogP contribution in [0.15, 0.2) is 22.7 Å². The van der Waals surface area contributed by atoms with Crippen molar-refractivity contribution in [2.24, 2.45) is 0 Å². The maximum atomic E-state index is 10.4. The molecule has 88 valence electrons. The summed E-state index contributed by atoms with van der Waals surface area (Å²) in [6, 6.07) is 5.25. The van der Waals surface area contributed by atoms with Gasteiger partial charge in [0.1, 0.15) is 6.10 Å². The van der Waals surface area contributed by atoms with Gasteiger partial charge < -0.3 is 15.3 Å². The van der Waals surface area contributed by atoms with Gasteiger partial charge in [0.05, 0.1) is 12.5 Å². The summed E-state index contributed by atoms with van der Waals surface area (Å²) < 4.78 is 0.657. The smallest absolute Gasteiger partial charge is 0.306 e. The van der Waals surface area contributed by atoms with Gasteiger partial charge in [0.15, 0.2) is 0 Å². The summed E-state index contributed by atoms with van der Waals surface area (Å²) in [4.78, 5) is 10.4. The number of halogens is 1. The monoisotopic (exact) mass is 288 g/mol. The highest BCUT2D eigenvalue weighted by Crippen LogP contribution is 2.27. The quantitative estimate of drug-likeness (QED) is 0.787. The molecule has 0 aliphatic heterocycles. The molecular weight excluding hydrogens is 276 g/mol. The molecule has 1 aromatic rings. The molecule has 0 aliphatic carbocycles. The predicted molar refractivity (Wildman–Crippen MR) is 62.1 cm³/mol. The van der Waals surface area contributed by atoms with Crippen LogP contribution in [0.3, 0.4) is 0 Å². The standard InChI is InChI=1S/C11H13BrO4/c1-6-2-3-7(8(12)4-6)11(16)9(13)5-10(14)15/h2-4,9,11,13,16H,5H2,1H3,(H,14,15). The van der Waals surface area contributed by atoms with E-state index in [1.54, 1.807) is 18.2 Å². The molecule has 5 heteroatoms. The molecule has 0 saturated heterocycles. The van der Waals surface area contributed by atoms with Gasteiger partial charge in [-0.2, -0.15) is 0 Å². The first kappa shape index (κ1) is 13.2. The lowest BCUT2D eigenvalue weighted by atomic mass is 10.0. The maximum absolute atomic E-state index is 10.4. The molecule has 16 heavy (non-hydrogen) atoms. The average molecular weight is 289 g/mol. The number of aliphatic hydroxyl groups is 2. The molecule has 2 unspecified atom stereocenters. The van der Waals surface area contributed by atoms with E-state index < -0.39 is 24.6 Å². The summed E-state index contributed by atoms with van der Waals surface area (Å²) in [5.74, 6) is -1.14. The number of hydrogen-bond donors (Lipinski definition) is 3. The zero-order valence-electron chi connectivity index (χ0n) is 8.72.